The summed E-state index contributed by atoms with van der Waals surface area (Å²) in [7, 11) is 1.60. The lowest BCUT2D eigenvalue weighted by Crippen LogP contribution is -2.33. The van der Waals surface area contributed by atoms with E-state index in [4.69, 9.17) is 0 Å². The lowest BCUT2D eigenvalue weighted by molar-refractivity contribution is -0.289. The van der Waals surface area contributed by atoms with Crippen molar-refractivity contribution < 1.29 is 26.7 Å². The Morgan fingerprint density at radius 2 is 1.72 bits per heavy atom. The molecule has 0 bridgehead atoms. The van der Waals surface area contributed by atoms with Crippen LogP contribution < -0.4 is 10.6 Å². The normalized spacial score (nSPS) is 11.9. The quantitative estimate of drug-likeness (QED) is 0.801. The molecule has 134 valence electrons. The maximum atomic E-state index is 13.2. The van der Waals surface area contributed by atoms with Crippen molar-refractivity contribution in [1.82, 2.24) is 10.3 Å². The molecule has 1 amide bonds. The van der Waals surface area contributed by atoms with Crippen molar-refractivity contribution in [1.29, 1.82) is 0 Å². The van der Waals surface area contributed by atoms with Gasteiger partial charge >= 0.3 is 12.1 Å². The van der Waals surface area contributed by atoms with Crippen LogP contribution in [0, 0.1) is 0 Å². The van der Waals surface area contributed by atoms with Gasteiger partial charge in [0.1, 0.15) is 5.82 Å². The molecule has 0 atom stereocenters. The summed E-state index contributed by atoms with van der Waals surface area (Å²) in [4.78, 5) is 16.1. The molecule has 2 N–H and O–H groups in total. The van der Waals surface area contributed by atoms with Gasteiger partial charge in [-0.05, 0) is 17.7 Å². The van der Waals surface area contributed by atoms with E-state index in [2.05, 4.69) is 15.6 Å². The molecule has 0 aliphatic carbocycles. The maximum Gasteiger partial charge on any atom is 0.458 e. The number of carbonyl (C=O) groups excluding carboxylic acids is 1. The van der Waals surface area contributed by atoms with Crippen LogP contribution in [0.4, 0.5) is 27.8 Å². The number of nitrogens with one attached hydrogen (secondary N) is 2. The van der Waals surface area contributed by atoms with Gasteiger partial charge in [-0.1, -0.05) is 24.3 Å². The number of benzene rings is 1. The molecule has 2 rings (SSSR count). The molecule has 0 saturated heterocycles. The number of rotatable bonds is 5. The van der Waals surface area contributed by atoms with Crippen molar-refractivity contribution in [3.63, 3.8) is 0 Å². The minimum absolute atomic E-state index is 0.0330. The number of aromatic nitrogens is 1. The predicted octanol–water partition coefficient (Wildman–Crippen LogP) is 3.71. The van der Waals surface area contributed by atoms with E-state index in [1.165, 1.54) is 6.20 Å². The molecule has 0 aliphatic rings. The summed E-state index contributed by atoms with van der Waals surface area (Å²) in [6.45, 7) is -0.0330. The van der Waals surface area contributed by atoms with Gasteiger partial charge in [0.25, 0.3) is 5.91 Å². The molecule has 4 nitrogen and oxygen atoms in total. The minimum atomic E-state index is -5.66. The van der Waals surface area contributed by atoms with Crippen LogP contribution in [0.2, 0.25) is 0 Å². The second kappa shape index (κ2) is 7.04. The zero-order valence-electron chi connectivity index (χ0n) is 13.0. The summed E-state index contributed by atoms with van der Waals surface area (Å²) in [6, 6.07) is 6.72. The Labute approximate surface area is 140 Å². The van der Waals surface area contributed by atoms with E-state index in [1.807, 2.05) is 0 Å². The summed E-state index contributed by atoms with van der Waals surface area (Å²) in [5.41, 5.74) is -0.491. The predicted molar refractivity (Wildman–Crippen MR) is 81.3 cm³/mol. The van der Waals surface area contributed by atoms with Crippen LogP contribution in [0.3, 0.4) is 0 Å². The lowest BCUT2D eigenvalue weighted by Gasteiger charge is -2.20. The second-order valence-electron chi connectivity index (χ2n) is 5.10. The van der Waals surface area contributed by atoms with Crippen molar-refractivity contribution in [3.05, 3.63) is 59.3 Å². The molecule has 0 unspecified atom stereocenters. The fraction of sp³-hybridized carbons (Fsp3) is 0.250. The summed E-state index contributed by atoms with van der Waals surface area (Å²) in [6.07, 6.45) is -4.16. The van der Waals surface area contributed by atoms with Gasteiger partial charge in [0, 0.05) is 25.4 Å². The van der Waals surface area contributed by atoms with Gasteiger partial charge in [-0.25, -0.2) is 4.98 Å². The van der Waals surface area contributed by atoms with Crippen LogP contribution in [0.5, 0.6) is 0 Å². The Balaban J connectivity index is 2.06. The first-order chi connectivity index (χ1) is 11.7. The zero-order valence-corrected chi connectivity index (χ0v) is 13.0. The number of hydrogen-bond donors (Lipinski definition) is 2. The van der Waals surface area contributed by atoms with E-state index in [0.29, 0.717) is 23.5 Å². The van der Waals surface area contributed by atoms with E-state index in [-0.39, 0.29) is 12.1 Å². The average Bonchev–Trinajstić information content (AvgIpc) is 2.59. The highest BCUT2D eigenvalue weighted by Crippen LogP contribution is 2.43. The van der Waals surface area contributed by atoms with Crippen molar-refractivity contribution >= 4 is 11.7 Å². The van der Waals surface area contributed by atoms with E-state index in [1.54, 1.807) is 19.2 Å². The lowest BCUT2D eigenvalue weighted by atomic mass is 10.1. The number of pyridine rings is 1. The molecular weight excluding hydrogens is 345 g/mol. The summed E-state index contributed by atoms with van der Waals surface area (Å²) in [5, 5.41) is 5.30. The molecule has 9 heteroatoms. The molecule has 0 spiro atoms. The molecule has 25 heavy (non-hydrogen) atoms. The number of alkyl halides is 5. The molecule has 0 radical (unpaired) electrons. The molecule has 1 aromatic heterocycles. The molecular formula is C16H14F5N3O. The van der Waals surface area contributed by atoms with Crippen LogP contribution in [0.15, 0.2) is 42.6 Å². The van der Waals surface area contributed by atoms with Gasteiger partial charge in [-0.3, -0.25) is 4.79 Å². The smallest absolute Gasteiger partial charge is 0.372 e. The van der Waals surface area contributed by atoms with E-state index < -0.39 is 23.6 Å². The summed E-state index contributed by atoms with van der Waals surface area (Å²) < 4.78 is 63.4. The molecule has 2 aromatic rings. The van der Waals surface area contributed by atoms with Crippen LogP contribution in [-0.4, -0.2) is 24.1 Å². The topological polar surface area (TPSA) is 54.0 Å². The van der Waals surface area contributed by atoms with E-state index in [0.717, 1.165) is 12.1 Å². The third-order valence-corrected chi connectivity index (χ3v) is 3.41. The number of hydrogen-bond acceptors (Lipinski definition) is 3. The third kappa shape index (κ3) is 4.04. The number of amides is 1. The highest BCUT2D eigenvalue weighted by atomic mass is 19.4. The monoisotopic (exact) mass is 359 g/mol. The minimum Gasteiger partial charge on any atom is -0.372 e. The average molecular weight is 359 g/mol. The largest absolute Gasteiger partial charge is 0.458 e. The van der Waals surface area contributed by atoms with Gasteiger partial charge < -0.3 is 10.6 Å². The van der Waals surface area contributed by atoms with Crippen molar-refractivity contribution in [3.8, 4) is 0 Å². The highest BCUT2D eigenvalue weighted by molar-refractivity contribution is 5.98. The number of nitrogens with zero attached hydrogens (tertiary/aromatic N) is 1. The molecule has 0 saturated carbocycles. The van der Waals surface area contributed by atoms with Crippen LogP contribution in [-0.2, 0) is 12.5 Å². The third-order valence-electron chi connectivity index (χ3n) is 3.41. The fourth-order valence-corrected chi connectivity index (χ4v) is 2.06. The first kappa shape index (κ1) is 18.6. The number of anilines is 1. The Hall–Kier alpha value is -2.71. The standard InChI is InChI=1S/C16H14F5N3O/c1-22-13-12(3-2-8-23-13)14(25)24-9-10-4-6-11(7-5-10)15(17,18)16(19,20)21/h2-8H,9H2,1H3,(H,22,23)(H,24,25). The Kier molecular flexibility index (Phi) is 5.24. The SMILES string of the molecule is CNc1ncccc1C(=O)NCc1ccc(C(F)(F)C(F)(F)F)cc1. The van der Waals surface area contributed by atoms with Crippen molar-refractivity contribution in [2.45, 2.75) is 18.6 Å². The van der Waals surface area contributed by atoms with Crippen molar-refractivity contribution in [2.24, 2.45) is 0 Å². The molecule has 0 aliphatic heterocycles. The van der Waals surface area contributed by atoms with Gasteiger partial charge in [0.15, 0.2) is 0 Å². The first-order valence-corrected chi connectivity index (χ1v) is 7.11. The van der Waals surface area contributed by atoms with Gasteiger partial charge in [-0.15, -0.1) is 0 Å². The second-order valence-corrected chi connectivity index (χ2v) is 5.10. The molecule has 1 aromatic carbocycles. The Morgan fingerprint density at radius 3 is 2.28 bits per heavy atom. The summed E-state index contributed by atoms with van der Waals surface area (Å²) in [5.74, 6) is -5.02. The summed E-state index contributed by atoms with van der Waals surface area (Å²) >= 11 is 0. The molecule has 1 heterocycles. The van der Waals surface area contributed by atoms with E-state index in [9.17, 15) is 26.7 Å². The zero-order chi connectivity index (χ0) is 18.7. The Bertz CT molecular complexity index is 744. The molecule has 0 fully saturated rings. The Morgan fingerprint density at radius 1 is 1.08 bits per heavy atom. The number of carbonyl (C=O) groups is 1. The highest BCUT2D eigenvalue weighted by Gasteiger charge is 2.58. The van der Waals surface area contributed by atoms with Crippen LogP contribution in [0.1, 0.15) is 21.5 Å². The maximum absolute atomic E-state index is 13.2. The van der Waals surface area contributed by atoms with Gasteiger partial charge in [0.2, 0.25) is 0 Å². The van der Waals surface area contributed by atoms with E-state index >= 15 is 0 Å². The van der Waals surface area contributed by atoms with Crippen molar-refractivity contribution in [2.75, 3.05) is 12.4 Å². The number of halogens is 5. The first-order valence-electron chi connectivity index (χ1n) is 7.11. The van der Waals surface area contributed by atoms with Crippen LogP contribution in [0.25, 0.3) is 0 Å². The van der Waals surface area contributed by atoms with Crippen LogP contribution >= 0.6 is 0 Å². The van der Waals surface area contributed by atoms with Gasteiger partial charge in [-0.2, -0.15) is 22.0 Å². The van der Waals surface area contributed by atoms with Gasteiger partial charge in [0.05, 0.1) is 5.56 Å². The fourth-order valence-electron chi connectivity index (χ4n) is 2.06.